The van der Waals surface area contributed by atoms with E-state index in [9.17, 15) is 0 Å². The molecular weight excluding hydrogens is 307 g/mol. The molecule has 2 heteroatoms. The molecule has 0 heterocycles. The van der Waals surface area contributed by atoms with Crippen molar-refractivity contribution in [1.29, 1.82) is 0 Å². The fourth-order valence-electron chi connectivity index (χ4n) is 3.28. The van der Waals surface area contributed by atoms with Crippen LogP contribution in [0.2, 0.25) is 0 Å². The van der Waals surface area contributed by atoms with E-state index in [1.165, 1.54) is 22.1 Å². The van der Waals surface area contributed by atoms with E-state index in [2.05, 4.69) is 97.9 Å². The maximum absolute atomic E-state index is 2.33. The molecule has 0 unspecified atom stereocenters. The Kier molecular flexibility index (Phi) is 5.77. The van der Waals surface area contributed by atoms with Gasteiger partial charge in [0.25, 0.3) is 0 Å². The summed E-state index contributed by atoms with van der Waals surface area (Å²) in [6, 6.07) is 33.1. The quantitative estimate of drug-likeness (QED) is 0.631. The molecule has 0 saturated carbocycles. The minimum Gasteiger partial charge on any atom is -0.147 e. The van der Waals surface area contributed by atoms with Gasteiger partial charge in [0.2, 0.25) is 0 Å². The molecule has 0 bridgehead atoms. The molecule has 0 nitrogen and oxygen atoms in total. The second-order valence-electron chi connectivity index (χ2n) is 5.36. The van der Waals surface area contributed by atoms with Gasteiger partial charge in [-0.25, -0.2) is 0 Å². The van der Waals surface area contributed by atoms with Crippen molar-refractivity contribution < 1.29 is 0 Å². The first kappa shape index (κ1) is 16.7. The molecule has 3 rings (SSSR count). The Morgan fingerprint density at radius 2 is 0.818 bits per heavy atom. The van der Waals surface area contributed by atoms with Gasteiger partial charge in [-0.15, -0.1) is 12.4 Å². The van der Waals surface area contributed by atoms with Crippen LogP contribution >= 0.6 is 19.7 Å². The second-order valence-corrected chi connectivity index (χ2v) is 9.61. The van der Waals surface area contributed by atoms with Crippen LogP contribution in [0.1, 0.15) is 6.92 Å². The monoisotopic (exact) mass is 328 g/mol. The van der Waals surface area contributed by atoms with E-state index in [0.29, 0.717) is 0 Å². The molecule has 0 N–H and O–H groups in total. The summed E-state index contributed by atoms with van der Waals surface area (Å²) in [6.07, 6.45) is 1.17. The predicted octanol–water partition coefficient (Wildman–Crippen LogP) is 4.15. The van der Waals surface area contributed by atoms with E-state index < -0.39 is 7.26 Å². The van der Waals surface area contributed by atoms with Crippen LogP contribution < -0.4 is 15.9 Å². The molecule has 3 aromatic rings. The summed E-state index contributed by atoms with van der Waals surface area (Å²) in [5.74, 6) is 0. The van der Waals surface area contributed by atoms with Gasteiger partial charge in [-0.05, 0) is 0 Å². The molecule has 0 spiro atoms. The molecular formula is C20H22ClP. The molecule has 0 aliphatic rings. The zero-order chi connectivity index (χ0) is 14.5. The van der Waals surface area contributed by atoms with E-state index in [0.717, 1.165) is 0 Å². The SMILES string of the molecule is CC[PH](c1ccccc1)(c1ccccc1)c1ccccc1.Cl. The Bertz CT molecular complexity index is 584. The minimum absolute atomic E-state index is 0. The first-order valence-electron chi connectivity index (χ1n) is 7.54. The van der Waals surface area contributed by atoms with E-state index in [4.69, 9.17) is 0 Å². The average Bonchev–Trinajstić information content (AvgIpc) is 2.59. The topological polar surface area (TPSA) is 0 Å². The van der Waals surface area contributed by atoms with Crippen LogP contribution in [0, 0.1) is 0 Å². The first-order chi connectivity index (χ1) is 10.4. The van der Waals surface area contributed by atoms with Gasteiger partial charge >= 0.3 is 127 Å². The van der Waals surface area contributed by atoms with Crippen LogP contribution in [-0.4, -0.2) is 6.16 Å². The van der Waals surface area contributed by atoms with Gasteiger partial charge in [0.15, 0.2) is 0 Å². The van der Waals surface area contributed by atoms with Crippen LogP contribution in [-0.2, 0) is 0 Å². The minimum atomic E-state index is -1.90. The van der Waals surface area contributed by atoms with Crippen LogP contribution in [0.3, 0.4) is 0 Å². The van der Waals surface area contributed by atoms with Crippen molar-refractivity contribution in [3.63, 3.8) is 0 Å². The van der Waals surface area contributed by atoms with Crippen molar-refractivity contribution in [2.75, 3.05) is 6.16 Å². The zero-order valence-corrected chi connectivity index (χ0v) is 14.6. The second kappa shape index (κ2) is 7.58. The third-order valence-corrected chi connectivity index (χ3v) is 9.35. The van der Waals surface area contributed by atoms with Gasteiger partial charge in [-0.1, -0.05) is 0 Å². The number of rotatable bonds is 4. The molecule has 0 radical (unpaired) electrons. The molecule has 0 fully saturated rings. The average molecular weight is 329 g/mol. The van der Waals surface area contributed by atoms with Gasteiger partial charge in [-0.2, -0.15) is 0 Å². The first-order valence-corrected chi connectivity index (χ1v) is 9.75. The van der Waals surface area contributed by atoms with Crippen LogP contribution in [0.4, 0.5) is 0 Å². The number of benzene rings is 3. The summed E-state index contributed by atoms with van der Waals surface area (Å²) in [6.45, 7) is 2.33. The number of hydrogen-bond donors (Lipinski definition) is 0. The molecule has 3 aromatic carbocycles. The van der Waals surface area contributed by atoms with Crippen LogP contribution in [0.25, 0.3) is 0 Å². The van der Waals surface area contributed by atoms with Gasteiger partial charge < -0.3 is 0 Å². The van der Waals surface area contributed by atoms with Gasteiger partial charge in [0.1, 0.15) is 0 Å². The summed E-state index contributed by atoms with van der Waals surface area (Å²) in [5, 5.41) is 4.47. The standard InChI is InChI=1S/C20H21P.ClH/c1-2-21(18-12-6-3-7-13-18,19-14-8-4-9-15-19)20-16-10-5-11-17-20;/h3-17,21H,2H2,1H3;1H. The van der Waals surface area contributed by atoms with Gasteiger partial charge in [-0.3, -0.25) is 0 Å². The summed E-state index contributed by atoms with van der Waals surface area (Å²) >= 11 is 0. The van der Waals surface area contributed by atoms with Crippen LogP contribution in [0.5, 0.6) is 0 Å². The smallest absolute Gasteiger partial charge is 0.147 e. The summed E-state index contributed by atoms with van der Waals surface area (Å²) in [5.41, 5.74) is 0. The molecule has 0 aliphatic carbocycles. The van der Waals surface area contributed by atoms with Crippen molar-refractivity contribution >= 4 is 35.6 Å². The Labute approximate surface area is 140 Å². The fourth-order valence-corrected chi connectivity index (χ4v) is 7.79. The Morgan fingerprint density at radius 3 is 1.05 bits per heavy atom. The molecule has 114 valence electrons. The molecule has 22 heavy (non-hydrogen) atoms. The number of halogens is 1. The van der Waals surface area contributed by atoms with Gasteiger partial charge in [0.05, 0.1) is 0 Å². The molecule has 0 aromatic heterocycles. The van der Waals surface area contributed by atoms with Crippen molar-refractivity contribution in [2.24, 2.45) is 0 Å². The largest absolute Gasteiger partial charge is 0.147 e. The Hall–Kier alpha value is -1.62. The van der Waals surface area contributed by atoms with Crippen molar-refractivity contribution in [3.05, 3.63) is 91.0 Å². The summed E-state index contributed by atoms with van der Waals surface area (Å²) in [7, 11) is -1.90. The van der Waals surface area contributed by atoms with E-state index in [1.807, 2.05) is 0 Å². The fraction of sp³-hybridized carbons (Fsp3) is 0.100. The normalized spacial score (nSPS) is 11.5. The predicted molar refractivity (Wildman–Crippen MR) is 104 cm³/mol. The maximum atomic E-state index is 2.33. The van der Waals surface area contributed by atoms with E-state index in [1.54, 1.807) is 0 Å². The third-order valence-electron chi connectivity index (χ3n) is 4.33. The van der Waals surface area contributed by atoms with Crippen molar-refractivity contribution in [3.8, 4) is 0 Å². The van der Waals surface area contributed by atoms with Crippen LogP contribution in [0.15, 0.2) is 91.0 Å². The summed E-state index contributed by atoms with van der Waals surface area (Å²) in [4.78, 5) is 0. The van der Waals surface area contributed by atoms with Crippen molar-refractivity contribution in [2.45, 2.75) is 6.92 Å². The third kappa shape index (κ3) is 2.95. The molecule has 0 atom stereocenters. The Morgan fingerprint density at radius 1 is 0.545 bits per heavy atom. The summed E-state index contributed by atoms with van der Waals surface area (Å²) < 4.78 is 0. The number of hydrogen-bond acceptors (Lipinski definition) is 0. The molecule has 0 amide bonds. The van der Waals surface area contributed by atoms with Gasteiger partial charge in [0, 0.05) is 0 Å². The Balaban J connectivity index is 0.00000176. The zero-order valence-electron chi connectivity index (χ0n) is 12.8. The molecule has 0 aliphatic heterocycles. The maximum Gasteiger partial charge on any atom is -0.147 e. The van der Waals surface area contributed by atoms with E-state index >= 15 is 0 Å². The van der Waals surface area contributed by atoms with E-state index in [-0.39, 0.29) is 12.4 Å². The molecule has 0 saturated heterocycles. The van der Waals surface area contributed by atoms with Crippen molar-refractivity contribution in [1.82, 2.24) is 0 Å².